The molecular formula is C14H21NO2. The summed E-state index contributed by atoms with van der Waals surface area (Å²) in [6.07, 6.45) is 2.99. The highest BCUT2D eigenvalue weighted by Gasteiger charge is 2.37. The van der Waals surface area contributed by atoms with E-state index in [9.17, 15) is 0 Å². The molecule has 2 N–H and O–H groups in total. The van der Waals surface area contributed by atoms with Crippen molar-refractivity contribution in [3.05, 3.63) is 35.4 Å². The number of rotatable bonds is 5. The molecule has 0 aliphatic carbocycles. The zero-order valence-electron chi connectivity index (χ0n) is 10.4. The van der Waals surface area contributed by atoms with Gasteiger partial charge in [0.1, 0.15) is 0 Å². The van der Waals surface area contributed by atoms with E-state index in [1.807, 2.05) is 0 Å². The Morgan fingerprint density at radius 2 is 1.82 bits per heavy atom. The Labute approximate surface area is 103 Å². The minimum atomic E-state index is -0.598. The fourth-order valence-electron chi connectivity index (χ4n) is 2.31. The topological polar surface area (TPSA) is 44.5 Å². The second kappa shape index (κ2) is 5.63. The highest BCUT2D eigenvalue weighted by molar-refractivity contribution is 5.26. The first-order chi connectivity index (χ1) is 8.30. The van der Waals surface area contributed by atoms with E-state index in [0.29, 0.717) is 26.2 Å². The molecule has 2 rings (SSSR count). The predicted octanol–water partition coefficient (Wildman–Crippen LogP) is 2.19. The molecule has 3 nitrogen and oxygen atoms in total. The quantitative estimate of drug-likeness (QED) is 0.850. The summed E-state index contributed by atoms with van der Waals surface area (Å²) in [6.45, 7) is 4.05. The van der Waals surface area contributed by atoms with Crippen molar-refractivity contribution in [3.8, 4) is 0 Å². The van der Waals surface area contributed by atoms with E-state index >= 15 is 0 Å². The summed E-state index contributed by atoms with van der Waals surface area (Å²) in [5.74, 6) is -0.598. The monoisotopic (exact) mass is 235 g/mol. The molecule has 0 aromatic heterocycles. The van der Waals surface area contributed by atoms with Crippen molar-refractivity contribution in [1.29, 1.82) is 0 Å². The summed E-state index contributed by atoms with van der Waals surface area (Å²) in [6, 6.07) is 8.52. The summed E-state index contributed by atoms with van der Waals surface area (Å²) in [7, 11) is 0. The summed E-state index contributed by atoms with van der Waals surface area (Å²) in [4.78, 5) is 0. The van der Waals surface area contributed by atoms with Gasteiger partial charge in [-0.2, -0.15) is 0 Å². The highest BCUT2D eigenvalue weighted by Crippen LogP contribution is 2.34. The van der Waals surface area contributed by atoms with Gasteiger partial charge < -0.3 is 15.2 Å². The lowest BCUT2D eigenvalue weighted by molar-refractivity contribution is -0.168. The number of nitrogens with two attached hydrogens (primary N) is 1. The lowest BCUT2D eigenvalue weighted by atomic mass is 9.99. The Hall–Kier alpha value is -0.900. The van der Waals surface area contributed by atoms with Crippen LogP contribution in [0.25, 0.3) is 0 Å². The standard InChI is InChI=1S/C14H21NO2/c1-2-3-12-4-6-13(7-5-12)14(8-9-15)16-10-11-17-14/h4-7H,2-3,8-11,15H2,1H3. The van der Waals surface area contributed by atoms with Crippen LogP contribution in [0, 0.1) is 0 Å². The lowest BCUT2D eigenvalue weighted by Crippen LogP contribution is -2.30. The Bertz CT molecular complexity index is 342. The molecule has 1 aliphatic rings. The third-order valence-electron chi connectivity index (χ3n) is 3.16. The van der Waals surface area contributed by atoms with Crippen LogP contribution in [0.15, 0.2) is 24.3 Å². The first kappa shape index (κ1) is 12.6. The number of hydrogen-bond donors (Lipinski definition) is 1. The molecule has 1 saturated heterocycles. The van der Waals surface area contributed by atoms with Crippen LogP contribution in [0.3, 0.4) is 0 Å². The Kier molecular flexibility index (Phi) is 4.15. The molecule has 1 aromatic rings. The second-order valence-corrected chi connectivity index (χ2v) is 4.44. The largest absolute Gasteiger partial charge is 0.343 e. The molecule has 0 amide bonds. The fourth-order valence-corrected chi connectivity index (χ4v) is 2.31. The van der Waals surface area contributed by atoms with E-state index in [2.05, 4.69) is 31.2 Å². The maximum Gasteiger partial charge on any atom is 0.196 e. The molecule has 17 heavy (non-hydrogen) atoms. The Balaban J connectivity index is 2.18. The molecule has 1 aromatic carbocycles. The van der Waals surface area contributed by atoms with Crippen LogP contribution in [0.4, 0.5) is 0 Å². The van der Waals surface area contributed by atoms with Crippen molar-refractivity contribution in [2.24, 2.45) is 5.73 Å². The first-order valence-electron chi connectivity index (χ1n) is 6.38. The molecule has 1 heterocycles. The van der Waals surface area contributed by atoms with Gasteiger partial charge in [-0.15, -0.1) is 0 Å². The minimum absolute atomic E-state index is 0.566. The highest BCUT2D eigenvalue weighted by atomic mass is 16.7. The molecule has 3 heteroatoms. The zero-order valence-corrected chi connectivity index (χ0v) is 10.4. The predicted molar refractivity (Wildman–Crippen MR) is 67.7 cm³/mol. The third-order valence-corrected chi connectivity index (χ3v) is 3.16. The van der Waals surface area contributed by atoms with E-state index < -0.39 is 5.79 Å². The molecule has 0 atom stereocenters. The van der Waals surface area contributed by atoms with Gasteiger partial charge in [-0.05, 0) is 18.5 Å². The second-order valence-electron chi connectivity index (χ2n) is 4.44. The lowest BCUT2D eigenvalue weighted by Gasteiger charge is -2.27. The average Bonchev–Trinajstić information content (AvgIpc) is 2.81. The van der Waals surface area contributed by atoms with Gasteiger partial charge in [0.25, 0.3) is 0 Å². The number of ether oxygens (including phenoxy) is 2. The molecule has 0 radical (unpaired) electrons. The fraction of sp³-hybridized carbons (Fsp3) is 0.571. The molecule has 1 aliphatic heterocycles. The normalized spacial score (nSPS) is 18.5. The zero-order chi connectivity index (χ0) is 12.1. The van der Waals surface area contributed by atoms with Gasteiger partial charge in [-0.3, -0.25) is 0 Å². The summed E-state index contributed by atoms with van der Waals surface area (Å²) < 4.78 is 11.5. The molecular weight excluding hydrogens is 214 g/mol. The van der Waals surface area contributed by atoms with E-state index in [-0.39, 0.29) is 0 Å². The number of hydrogen-bond acceptors (Lipinski definition) is 3. The number of aryl methyl sites for hydroxylation is 1. The molecule has 1 fully saturated rings. The maximum atomic E-state index is 5.76. The maximum absolute atomic E-state index is 5.76. The van der Waals surface area contributed by atoms with Crippen LogP contribution in [-0.4, -0.2) is 19.8 Å². The molecule has 0 unspecified atom stereocenters. The van der Waals surface area contributed by atoms with Crippen molar-refractivity contribution >= 4 is 0 Å². The van der Waals surface area contributed by atoms with E-state index in [1.165, 1.54) is 12.0 Å². The summed E-state index contributed by atoms with van der Waals surface area (Å²) in [5.41, 5.74) is 8.09. The van der Waals surface area contributed by atoms with Crippen LogP contribution >= 0.6 is 0 Å². The van der Waals surface area contributed by atoms with Gasteiger partial charge in [-0.25, -0.2) is 0 Å². The van der Waals surface area contributed by atoms with Gasteiger partial charge in [0.2, 0.25) is 0 Å². The van der Waals surface area contributed by atoms with Crippen molar-refractivity contribution in [3.63, 3.8) is 0 Å². The average molecular weight is 235 g/mol. The smallest absolute Gasteiger partial charge is 0.196 e. The van der Waals surface area contributed by atoms with Crippen LogP contribution in [0.1, 0.15) is 30.9 Å². The minimum Gasteiger partial charge on any atom is -0.343 e. The first-order valence-corrected chi connectivity index (χ1v) is 6.38. The SMILES string of the molecule is CCCc1ccc(C2(CCN)OCCO2)cc1. The van der Waals surface area contributed by atoms with E-state index in [0.717, 1.165) is 12.0 Å². The molecule has 0 saturated carbocycles. The van der Waals surface area contributed by atoms with Crippen LogP contribution in [0.2, 0.25) is 0 Å². The van der Waals surface area contributed by atoms with Crippen LogP contribution in [-0.2, 0) is 21.7 Å². The van der Waals surface area contributed by atoms with Crippen molar-refractivity contribution in [2.45, 2.75) is 32.0 Å². The number of benzene rings is 1. The van der Waals surface area contributed by atoms with Gasteiger partial charge >= 0.3 is 0 Å². The van der Waals surface area contributed by atoms with Crippen LogP contribution in [0.5, 0.6) is 0 Å². The summed E-state index contributed by atoms with van der Waals surface area (Å²) in [5, 5.41) is 0. The van der Waals surface area contributed by atoms with E-state index in [4.69, 9.17) is 15.2 Å². The van der Waals surface area contributed by atoms with Crippen molar-refractivity contribution in [1.82, 2.24) is 0 Å². The van der Waals surface area contributed by atoms with Crippen molar-refractivity contribution < 1.29 is 9.47 Å². The van der Waals surface area contributed by atoms with Gasteiger partial charge in [0, 0.05) is 12.0 Å². The Morgan fingerprint density at radius 1 is 1.18 bits per heavy atom. The Morgan fingerprint density at radius 3 is 2.35 bits per heavy atom. The molecule has 0 bridgehead atoms. The molecule has 0 spiro atoms. The molecule has 94 valence electrons. The van der Waals surface area contributed by atoms with E-state index in [1.54, 1.807) is 0 Å². The van der Waals surface area contributed by atoms with Gasteiger partial charge in [0.05, 0.1) is 13.2 Å². The van der Waals surface area contributed by atoms with Gasteiger partial charge in [-0.1, -0.05) is 37.6 Å². The van der Waals surface area contributed by atoms with Gasteiger partial charge in [0.15, 0.2) is 5.79 Å². The van der Waals surface area contributed by atoms with Crippen LogP contribution < -0.4 is 5.73 Å². The van der Waals surface area contributed by atoms with Crippen molar-refractivity contribution in [2.75, 3.05) is 19.8 Å². The summed E-state index contributed by atoms with van der Waals surface area (Å²) >= 11 is 0. The third kappa shape index (κ3) is 2.68.